The monoisotopic (exact) mass is 277 g/mol. The quantitative estimate of drug-likeness (QED) is 0.845. The Morgan fingerprint density at radius 1 is 1.26 bits per heavy atom. The second-order valence-corrected chi connectivity index (χ2v) is 6.32. The maximum Gasteiger partial charge on any atom is 0.227 e. The van der Waals surface area contributed by atoms with Crippen molar-refractivity contribution in [2.45, 2.75) is 43.4 Å². The van der Waals surface area contributed by atoms with E-state index < -0.39 is 0 Å². The Morgan fingerprint density at radius 3 is 2.84 bits per heavy atom. The fourth-order valence-corrected chi connectivity index (χ4v) is 3.61. The van der Waals surface area contributed by atoms with Gasteiger partial charge in [-0.05, 0) is 36.3 Å². The number of carbonyl (C=O) groups excluding carboxylic acids is 1. The summed E-state index contributed by atoms with van der Waals surface area (Å²) >= 11 is 6.32. The Kier molecular flexibility index (Phi) is 3.79. The van der Waals surface area contributed by atoms with Gasteiger partial charge >= 0.3 is 0 Å². The Hall–Kier alpha value is -1.02. The molecule has 1 aromatic carbocycles. The van der Waals surface area contributed by atoms with Crippen LogP contribution in [0.2, 0.25) is 0 Å². The summed E-state index contributed by atoms with van der Waals surface area (Å²) in [6.07, 6.45) is 5.60. The van der Waals surface area contributed by atoms with Gasteiger partial charge in [0.1, 0.15) is 0 Å². The first-order chi connectivity index (χ1) is 9.25. The van der Waals surface area contributed by atoms with Gasteiger partial charge in [0.2, 0.25) is 5.91 Å². The molecule has 3 unspecified atom stereocenters. The molecule has 1 saturated carbocycles. The SMILES string of the molecule is O=C(NCC1CCCCC1Cl)C1Cc2ccccc21. The molecule has 1 aromatic rings. The van der Waals surface area contributed by atoms with Crippen molar-refractivity contribution in [2.75, 3.05) is 6.54 Å². The zero-order chi connectivity index (χ0) is 13.2. The Balaban J connectivity index is 1.53. The highest BCUT2D eigenvalue weighted by Gasteiger charge is 2.32. The van der Waals surface area contributed by atoms with Gasteiger partial charge in [-0.2, -0.15) is 0 Å². The van der Waals surface area contributed by atoms with Crippen LogP contribution in [-0.2, 0) is 11.2 Å². The summed E-state index contributed by atoms with van der Waals surface area (Å²) in [6, 6.07) is 8.21. The second-order valence-electron chi connectivity index (χ2n) is 5.76. The summed E-state index contributed by atoms with van der Waals surface area (Å²) in [5.41, 5.74) is 2.52. The minimum atomic E-state index is 0.0635. The van der Waals surface area contributed by atoms with E-state index in [1.54, 1.807) is 0 Å². The van der Waals surface area contributed by atoms with Crippen LogP contribution in [0.3, 0.4) is 0 Å². The molecular formula is C16H20ClNO. The van der Waals surface area contributed by atoms with Gasteiger partial charge in [0.25, 0.3) is 0 Å². The zero-order valence-electron chi connectivity index (χ0n) is 11.1. The largest absolute Gasteiger partial charge is 0.355 e. The van der Waals surface area contributed by atoms with E-state index in [-0.39, 0.29) is 17.2 Å². The Bertz CT molecular complexity index is 474. The molecule has 0 radical (unpaired) electrons. The number of rotatable bonds is 3. The standard InChI is InChI=1S/C16H20ClNO/c17-15-8-4-2-6-12(15)10-18-16(19)14-9-11-5-1-3-7-13(11)14/h1,3,5,7,12,14-15H,2,4,6,8-10H2,(H,18,19). The van der Waals surface area contributed by atoms with Crippen molar-refractivity contribution in [1.29, 1.82) is 0 Å². The first-order valence-corrected chi connectivity index (χ1v) is 7.69. The lowest BCUT2D eigenvalue weighted by atomic mass is 9.77. The number of amides is 1. The number of alkyl halides is 1. The molecule has 3 heteroatoms. The fraction of sp³-hybridized carbons (Fsp3) is 0.562. The minimum Gasteiger partial charge on any atom is -0.355 e. The minimum absolute atomic E-state index is 0.0635. The molecule has 0 heterocycles. The first kappa shape index (κ1) is 13.0. The highest BCUT2D eigenvalue weighted by Crippen LogP contribution is 2.35. The molecule has 2 aliphatic carbocycles. The van der Waals surface area contributed by atoms with Gasteiger partial charge in [-0.1, -0.05) is 37.1 Å². The molecule has 0 bridgehead atoms. The molecule has 0 saturated heterocycles. The summed E-state index contributed by atoms with van der Waals surface area (Å²) in [5, 5.41) is 3.34. The van der Waals surface area contributed by atoms with Crippen molar-refractivity contribution in [2.24, 2.45) is 5.92 Å². The number of halogens is 1. The van der Waals surface area contributed by atoms with Crippen LogP contribution in [0.25, 0.3) is 0 Å². The number of nitrogens with one attached hydrogen (secondary N) is 1. The van der Waals surface area contributed by atoms with Crippen molar-refractivity contribution in [1.82, 2.24) is 5.32 Å². The third-order valence-electron chi connectivity index (χ3n) is 4.53. The van der Waals surface area contributed by atoms with E-state index in [0.29, 0.717) is 5.92 Å². The van der Waals surface area contributed by atoms with Crippen molar-refractivity contribution < 1.29 is 4.79 Å². The fourth-order valence-electron chi connectivity index (χ4n) is 3.24. The lowest BCUT2D eigenvalue weighted by Gasteiger charge is -2.31. The first-order valence-electron chi connectivity index (χ1n) is 7.25. The van der Waals surface area contributed by atoms with Crippen LogP contribution in [0, 0.1) is 5.92 Å². The molecule has 1 N–H and O–H groups in total. The molecule has 19 heavy (non-hydrogen) atoms. The molecular weight excluding hydrogens is 258 g/mol. The molecule has 102 valence electrons. The molecule has 3 atom stereocenters. The molecule has 0 aliphatic heterocycles. The van der Waals surface area contributed by atoms with Gasteiger partial charge in [0, 0.05) is 11.9 Å². The van der Waals surface area contributed by atoms with Gasteiger partial charge in [-0.15, -0.1) is 11.6 Å². The van der Waals surface area contributed by atoms with Crippen molar-refractivity contribution in [3.63, 3.8) is 0 Å². The van der Waals surface area contributed by atoms with Crippen molar-refractivity contribution in [3.8, 4) is 0 Å². The van der Waals surface area contributed by atoms with E-state index >= 15 is 0 Å². The van der Waals surface area contributed by atoms with Gasteiger partial charge < -0.3 is 5.32 Å². The van der Waals surface area contributed by atoms with Crippen LogP contribution >= 0.6 is 11.6 Å². The topological polar surface area (TPSA) is 29.1 Å². The van der Waals surface area contributed by atoms with Gasteiger partial charge in [-0.3, -0.25) is 4.79 Å². The van der Waals surface area contributed by atoms with Crippen LogP contribution in [0.5, 0.6) is 0 Å². The van der Waals surface area contributed by atoms with E-state index in [0.717, 1.165) is 25.8 Å². The Labute approximate surface area is 119 Å². The maximum atomic E-state index is 12.2. The highest BCUT2D eigenvalue weighted by molar-refractivity contribution is 6.20. The van der Waals surface area contributed by atoms with E-state index in [1.165, 1.54) is 24.0 Å². The van der Waals surface area contributed by atoms with Crippen LogP contribution in [-0.4, -0.2) is 17.8 Å². The van der Waals surface area contributed by atoms with E-state index in [2.05, 4.69) is 17.4 Å². The summed E-state index contributed by atoms with van der Waals surface area (Å²) in [7, 11) is 0. The second kappa shape index (κ2) is 5.54. The van der Waals surface area contributed by atoms with E-state index in [1.807, 2.05) is 12.1 Å². The molecule has 1 amide bonds. The van der Waals surface area contributed by atoms with Crippen LogP contribution in [0.15, 0.2) is 24.3 Å². The normalized spacial score (nSPS) is 29.2. The average molecular weight is 278 g/mol. The number of benzene rings is 1. The van der Waals surface area contributed by atoms with Crippen LogP contribution in [0.4, 0.5) is 0 Å². The van der Waals surface area contributed by atoms with Crippen LogP contribution in [0.1, 0.15) is 42.7 Å². The number of carbonyl (C=O) groups is 1. The zero-order valence-corrected chi connectivity index (χ0v) is 11.8. The number of hydrogen-bond donors (Lipinski definition) is 1. The third-order valence-corrected chi connectivity index (χ3v) is 5.10. The van der Waals surface area contributed by atoms with Crippen LogP contribution < -0.4 is 5.32 Å². The lowest BCUT2D eigenvalue weighted by Crippen LogP contribution is -2.40. The summed E-state index contributed by atoms with van der Waals surface area (Å²) in [6.45, 7) is 0.742. The summed E-state index contributed by atoms with van der Waals surface area (Å²) in [4.78, 5) is 12.2. The number of hydrogen-bond acceptors (Lipinski definition) is 1. The predicted molar refractivity (Wildman–Crippen MR) is 77.5 cm³/mol. The Morgan fingerprint density at radius 2 is 2.05 bits per heavy atom. The summed E-state index contributed by atoms with van der Waals surface area (Å²) < 4.78 is 0. The summed E-state index contributed by atoms with van der Waals surface area (Å²) in [5.74, 6) is 0.691. The highest BCUT2D eigenvalue weighted by atomic mass is 35.5. The molecule has 0 aromatic heterocycles. The molecule has 0 spiro atoms. The molecule has 2 aliphatic rings. The predicted octanol–water partition coefficient (Wildman–Crippen LogP) is 3.24. The average Bonchev–Trinajstić information content (AvgIpc) is 2.39. The van der Waals surface area contributed by atoms with Gasteiger partial charge in [0.05, 0.1) is 5.92 Å². The van der Waals surface area contributed by atoms with Crippen molar-refractivity contribution in [3.05, 3.63) is 35.4 Å². The van der Waals surface area contributed by atoms with E-state index in [9.17, 15) is 4.79 Å². The molecule has 2 nitrogen and oxygen atoms in total. The number of fused-ring (bicyclic) bond motifs is 1. The van der Waals surface area contributed by atoms with E-state index in [4.69, 9.17) is 11.6 Å². The lowest BCUT2D eigenvalue weighted by molar-refractivity contribution is -0.123. The third kappa shape index (κ3) is 2.64. The van der Waals surface area contributed by atoms with Gasteiger partial charge in [-0.25, -0.2) is 0 Å². The van der Waals surface area contributed by atoms with Crippen molar-refractivity contribution >= 4 is 17.5 Å². The van der Waals surface area contributed by atoms with Gasteiger partial charge in [0.15, 0.2) is 0 Å². The smallest absolute Gasteiger partial charge is 0.227 e. The molecule has 1 fully saturated rings. The maximum absolute atomic E-state index is 12.2. The molecule has 3 rings (SSSR count).